The Morgan fingerprint density at radius 2 is 2.00 bits per heavy atom. The summed E-state index contributed by atoms with van der Waals surface area (Å²) in [5, 5.41) is 10.7. The summed E-state index contributed by atoms with van der Waals surface area (Å²) in [5.74, 6) is 0.381. The standard InChI is InChI=1S/C13H18N6/c1-9-4-10(2)6-11(5-9)17-13(14)15-7-12-8-16-18-19(12)3/h4-6,8H,7H2,1-3H3,(H3,14,15,17). The molecule has 0 aliphatic heterocycles. The second-order valence-electron chi connectivity index (χ2n) is 4.55. The van der Waals surface area contributed by atoms with Gasteiger partial charge in [-0.15, -0.1) is 5.10 Å². The van der Waals surface area contributed by atoms with Crippen LogP contribution >= 0.6 is 0 Å². The maximum Gasteiger partial charge on any atom is 0.193 e. The van der Waals surface area contributed by atoms with E-state index in [-0.39, 0.29) is 0 Å². The number of nitrogens with one attached hydrogen (secondary N) is 1. The lowest BCUT2D eigenvalue weighted by Crippen LogP contribution is -2.22. The van der Waals surface area contributed by atoms with E-state index >= 15 is 0 Å². The highest BCUT2D eigenvalue weighted by Gasteiger charge is 2.00. The summed E-state index contributed by atoms with van der Waals surface area (Å²) in [5.41, 5.74) is 10.1. The fourth-order valence-corrected chi connectivity index (χ4v) is 1.85. The molecular weight excluding hydrogens is 240 g/mol. The molecule has 2 rings (SSSR count). The van der Waals surface area contributed by atoms with Crippen LogP contribution in [0.4, 0.5) is 5.69 Å². The van der Waals surface area contributed by atoms with Crippen LogP contribution in [0.15, 0.2) is 29.4 Å². The molecule has 0 fully saturated rings. The van der Waals surface area contributed by atoms with E-state index in [9.17, 15) is 0 Å². The van der Waals surface area contributed by atoms with E-state index in [1.54, 1.807) is 10.9 Å². The largest absolute Gasteiger partial charge is 0.370 e. The summed E-state index contributed by atoms with van der Waals surface area (Å²) in [6.07, 6.45) is 1.67. The van der Waals surface area contributed by atoms with Crippen molar-refractivity contribution in [2.24, 2.45) is 17.8 Å². The molecule has 0 saturated heterocycles. The van der Waals surface area contributed by atoms with Gasteiger partial charge in [0.05, 0.1) is 18.4 Å². The van der Waals surface area contributed by atoms with Gasteiger partial charge >= 0.3 is 0 Å². The Hall–Kier alpha value is -2.37. The Balaban J connectivity index is 2.04. The molecule has 0 amide bonds. The van der Waals surface area contributed by atoms with Crippen LogP contribution in [0.1, 0.15) is 16.8 Å². The average molecular weight is 258 g/mol. The minimum absolute atomic E-state index is 0.381. The van der Waals surface area contributed by atoms with Gasteiger partial charge in [-0.25, -0.2) is 4.99 Å². The molecule has 1 heterocycles. The van der Waals surface area contributed by atoms with Crippen LogP contribution in [0.3, 0.4) is 0 Å². The summed E-state index contributed by atoms with van der Waals surface area (Å²) >= 11 is 0. The van der Waals surface area contributed by atoms with E-state index < -0.39 is 0 Å². The molecule has 6 nitrogen and oxygen atoms in total. The number of rotatable bonds is 3. The highest BCUT2D eigenvalue weighted by atomic mass is 15.4. The molecule has 19 heavy (non-hydrogen) atoms. The van der Waals surface area contributed by atoms with Crippen LogP contribution in [-0.4, -0.2) is 21.0 Å². The molecule has 1 aromatic carbocycles. The number of aryl methyl sites for hydroxylation is 3. The van der Waals surface area contributed by atoms with Crippen molar-refractivity contribution in [3.05, 3.63) is 41.2 Å². The molecule has 6 heteroatoms. The van der Waals surface area contributed by atoms with Crippen LogP contribution < -0.4 is 11.1 Å². The summed E-state index contributed by atoms with van der Waals surface area (Å²) < 4.78 is 1.67. The summed E-state index contributed by atoms with van der Waals surface area (Å²) in [4.78, 5) is 4.26. The molecule has 0 aliphatic rings. The van der Waals surface area contributed by atoms with Gasteiger partial charge < -0.3 is 11.1 Å². The molecule has 0 spiro atoms. The third-order valence-electron chi connectivity index (χ3n) is 2.71. The van der Waals surface area contributed by atoms with Gasteiger partial charge in [-0.05, 0) is 37.1 Å². The number of hydrogen-bond donors (Lipinski definition) is 2. The van der Waals surface area contributed by atoms with Gasteiger partial charge in [-0.1, -0.05) is 11.3 Å². The molecule has 3 N–H and O–H groups in total. The third-order valence-corrected chi connectivity index (χ3v) is 2.71. The minimum Gasteiger partial charge on any atom is -0.370 e. The van der Waals surface area contributed by atoms with Crippen LogP contribution in [0, 0.1) is 13.8 Å². The van der Waals surface area contributed by atoms with E-state index in [1.165, 1.54) is 11.1 Å². The highest BCUT2D eigenvalue weighted by molar-refractivity contribution is 5.92. The van der Waals surface area contributed by atoms with Gasteiger partial charge in [-0.3, -0.25) is 4.68 Å². The number of benzene rings is 1. The fourth-order valence-electron chi connectivity index (χ4n) is 1.85. The molecular formula is C13H18N6. The first-order valence-corrected chi connectivity index (χ1v) is 6.03. The van der Waals surface area contributed by atoms with Gasteiger partial charge in [0.15, 0.2) is 5.96 Å². The number of guanidine groups is 1. The topological polar surface area (TPSA) is 81.1 Å². The predicted octanol–water partition coefficient (Wildman–Crippen LogP) is 1.36. The van der Waals surface area contributed by atoms with Crippen molar-refractivity contribution in [1.29, 1.82) is 0 Å². The van der Waals surface area contributed by atoms with E-state index in [0.29, 0.717) is 12.5 Å². The monoisotopic (exact) mass is 258 g/mol. The molecule has 0 saturated carbocycles. The average Bonchev–Trinajstić information content (AvgIpc) is 2.71. The quantitative estimate of drug-likeness (QED) is 0.643. The molecule has 0 atom stereocenters. The highest BCUT2D eigenvalue weighted by Crippen LogP contribution is 2.13. The SMILES string of the molecule is Cc1cc(C)cc(NC(N)=NCc2cnnn2C)c1. The van der Waals surface area contributed by atoms with Crippen molar-refractivity contribution in [2.75, 3.05) is 5.32 Å². The lowest BCUT2D eigenvalue weighted by Gasteiger charge is -2.07. The normalized spacial score (nSPS) is 11.6. The third kappa shape index (κ3) is 3.54. The van der Waals surface area contributed by atoms with Gasteiger partial charge in [0, 0.05) is 12.7 Å². The lowest BCUT2D eigenvalue weighted by atomic mass is 10.1. The van der Waals surface area contributed by atoms with Crippen molar-refractivity contribution in [1.82, 2.24) is 15.0 Å². The minimum atomic E-state index is 0.381. The van der Waals surface area contributed by atoms with Gasteiger partial charge in [-0.2, -0.15) is 0 Å². The van der Waals surface area contributed by atoms with Crippen molar-refractivity contribution in [3.63, 3.8) is 0 Å². The second-order valence-corrected chi connectivity index (χ2v) is 4.55. The van der Waals surface area contributed by atoms with Crippen molar-refractivity contribution >= 4 is 11.6 Å². The Morgan fingerprint density at radius 1 is 1.32 bits per heavy atom. The molecule has 0 aliphatic carbocycles. The van der Waals surface area contributed by atoms with Crippen LogP contribution in [-0.2, 0) is 13.6 Å². The second kappa shape index (κ2) is 5.51. The van der Waals surface area contributed by atoms with Gasteiger partial charge in [0.1, 0.15) is 0 Å². The first kappa shape index (κ1) is 13.1. The maximum atomic E-state index is 5.86. The van der Waals surface area contributed by atoms with Crippen molar-refractivity contribution in [2.45, 2.75) is 20.4 Å². The van der Waals surface area contributed by atoms with Crippen LogP contribution in [0.25, 0.3) is 0 Å². The first-order chi connectivity index (χ1) is 9.04. The number of anilines is 1. The van der Waals surface area contributed by atoms with Crippen LogP contribution in [0.5, 0.6) is 0 Å². The van der Waals surface area contributed by atoms with Crippen molar-refractivity contribution < 1.29 is 0 Å². The molecule has 0 unspecified atom stereocenters. The zero-order valence-corrected chi connectivity index (χ0v) is 11.4. The fraction of sp³-hybridized carbons (Fsp3) is 0.308. The Bertz CT molecular complexity index is 579. The summed E-state index contributed by atoms with van der Waals surface area (Å²) in [7, 11) is 1.82. The predicted molar refractivity (Wildman–Crippen MR) is 75.9 cm³/mol. The summed E-state index contributed by atoms with van der Waals surface area (Å²) in [6.45, 7) is 4.55. The van der Waals surface area contributed by atoms with E-state index in [2.05, 4.69) is 26.7 Å². The van der Waals surface area contributed by atoms with E-state index in [1.807, 2.05) is 33.0 Å². The first-order valence-electron chi connectivity index (χ1n) is 6.03. The molecule has 0 bridgehead atoms. The Morgan fingerprint density at radius 3 is 2.58 bits per heavy atom. The molecule has 1 aromatic heterocycles. The number of aliphatic imine (C=N–C) groups is 1. The zero-order valence-electron chi connectivity index (χ0n) is 11.4. The lowest BCUT2D eigenvalue weighted by molar-refractivity contribution is 0.678. The number of aromatic nitrogens is 3. The Labute approximate surface area is 112 Å². The maximum absolute atomic E-state index is 5.86. The van der Waals surface area contributed by atoms with Crippen molar-refractivity contribution in [3.8, 4) is 0 Å². The number of nitrogens with zero attached hydrogens (tertiary/aromatic N) is 4. The van der Waals surface area contributed by atoms with Gasteiger partial charge in [0.25, 0.3) is 0 Å². The number of hydrogen-bond acceptors (Lipinski definition) is 3. The smallest absolute Gasteiger partial charge is 0.193 e. The molecule has 0 radical (unpaired) electrons. The van der Waals surface area contributed by atoms with Crippen LogP contribution in [0.2, 0.25) is 0 Å². The van der Waals surface area contributed by atoms with Gasteiger partial charge in [0.2, 0.25) is 0 Å². The number of nitrogens with two attached hydrogens (primary N) is 1. The molecule has 100 valence electrons. The Kier molecular flexibility index (Phi) is 3.79. The van der Waals surface area contributed by atoms with E-state index in [4.69, 9.17) is 5.73 Å². The molecule has 2 aromatic rings. The summed E-state index contributed by atoms with van der Waals surface area (Å²) in [6, 6.07) is 6.17. The zero-order chi connectivity index (χ0) is 13.8. The van der Waals surface area contributed by atoms with E-state index in [0.717, 1.165) is 11.4 Å².